The number of aromatic nitrogens is 3. The number of nitrogens with zero attached hydrogens (tertiary/aromatic N) is 5. The lowest BCUT2D eigenvalue weighted by Crippen LogP contribution is -1.95. The summed E-state index contributed by atoms with van der Waals surface area (Å²) >= 11 is 14.6. The van der Waals surface area contributed by atoms with E-state index in [1.807, 2.05) is 6.26 Å². The van der Waals surface area contributed by atoms with Crippen molar-refractivity contribution in [3.63, 3.8) is 0 Å². The Morgan fingerprint density at radius 1 is 1.41 bits per heavy atom. The van der Waals surface area contributed by atoms with Crippen molar-refractivity contribution >= 4 is 72.3 Å². The lowest BCUT2D eigenvalue weighted by molar-refractivity contribution is 1.00. The number of halogens is 2. The van der Waals surface area contributed by atoms with E-state index >= 15 is 0 Å². The van der Waals surface area contributed by atoms with E-state index in [2.05, 4.69) is 24.8 Å². The molecule has 0 saturated heterocycles. The normalized spacial score (nSPS) is 13.4. The zero-order valence-corrected chi connectivity index (χ0v) is 12.9. The molecule has 0 aromatic carbocycles. The SMILES string of the molecule is CSc1nnc(/C(Cl)=N/N=c2/ssnc2Cl)s1. The minimum Gasteiger partial charge on any atom is -0.167 e. The van der Waals surface area contributed by atoms with Crippen LogP contribution in [0, 0.1) is 0 Å². The summed E-state index contributed by atoms with van der Waals surface area (Å²) in [6.07, 6.45) is 1.91. The minimum atomic E-state index is 0.192. The van der Waals surface area contributed by atoms with Gasteiger partial charge in [0.2, 0.25) is 0 Å². The fraction of sp³-hybridized carbons (Fsp3) is 0.167. The standard InChI is InChI=1S/C6H3Cl2N5S4/c1-14-6-12-10-4(15-6)2(7)9-11-5-3(8)13-17-16-5/h1H3/b9-2-,11-5+. The largest absolute Gasteiger partial charge is 0.189 e. The van der Waals surface area contributed by atoms with Crippen LogP contribution in [0.2, 0.25) is 5.15 Å². The highest BCUT2D eigenvalue weighted by Gasteiger charge is 2.08. The van der Waals surface area contributed by atoms with Crippen LogP contribution in [0.15, 0.2) is 14.5 Å². The molecular weight excluding hydrogens is 341 g/mol. The van der Waals surface area contributed by atoms with Gasteiger partial charge in [0.15, 0.2) is 24.3 Å². The molecule has 2 rings (SSSR count). The van der Waals surface area contributed by atoms with Gasteiger partial charge in [-0.2, -0.15) is 4.37 Å². The Balaban J connectivity index is 2.26. The number of hydrogen-bond donors (Lipinski definition) is 0. The molecule has 2 heterocycles. The summed E-state index contributed by atoms with van der Waals surface area (Å²) in [5.41, 5.74) is 0. The second-order valence-electron chi connectivity index (χ2n) is 2.41. The zero-order chi connectivity index (χ0) is 12.3. The van der Waals surface area contributed by atoms with Gasteiger partial charge >= 0.3 is 0 Å². The maximum absolute atomic E-state index is 5.95. The third kappa shape index (κ3) is 3.46. The average molecular weight is 344 g/mol. The molecule has 0 aliphatic carbocycles. The second-order valence-corrected chi connectivity index (χ2v) is 6.99. The quantitative estimate of drug-likeness (QED) is 0.372. The summed E-state index contributed by atoms with van der Waals surface area (Å²) in [7, 11) is 2.57. The van der Waals surface area contributed by atoms with Gasteiger partial charge in [0.25, 0.3) is 0 Å². The molecule has 0 fully saturated rings. The minimum absolute atomic E-state index is 0.192. The topological polar surface area (TPSA) is 63.4 Å². The first-order valence-electron chi connectivity index (χ1n) is 3.97. The van der Waals surface area contributed by atoms with Crippen LogP contribution in [-0.2, 0) is 0 Å². The summed E-state index contributed by atoms with van der Waals surface area (Å²) in [6, 6.07) is 0. The van der Waals surface area contributed by atoms with Gasteiger partial charge < -0.3 is 0 Å². The fourth-order valence-corrected chi connectivity index (χ4v) is 3.97. The van der Waals surface area contributed by atoms with E-state index in [-0.39, 0.29) is 5.17 Å². The predicted molar refractivity (Wildman–Crippen MR) is 74.6 cm³/mol. The maximum Gasteiger partial charge on any atom is 0.189 e. The van der Waals surface area contributed by atoms with Gasteiger partial charge in [0, 0.05) is 10.5 Å². The Bertz CT molecular complexity index is 599. The first-order valence-corrected chi connectivity index (χ1v) is 8.87. The molecule has 0 aliphatic heterocycles. The predicted octanol–water partition coefficient (Wildman–Crippen LogP) is 2.93. The third-order valence-corrected chi connectivity index (χ3v) is 5.83. The molecule has 0 saturated carbocycles. The lowest BCUT2D eigenvalue weighted by atomic mass is 10.8. The summed E-state index contributed by atoms with van der Waals surface area (Å²) in [5, 5.41) is 16.6. The van der Waals surface area contributed by atoms with Crippen LogP contribution in [0.25, 0.3) is 0 Å². The first-order chi connectivity index (χ1) is 8.20. The highest BCUT2D eigenvalue weighted by Crippen LogP contribution is 2.21. The zero-order valence-electron chi connectivity index (χ0n) is 8.12. The van der Waals surface area contributed by atoms with E-state index in [1.54, 1.807) is 0 Å². The van der Waals surface area contributed by atoms with Crippen molar-refractivity contribution in [1.82, 2.24) is 14.6 Å². The summed E-state index contributed by atoms with van der Waals surface area (Å²) in [6.45, 7) is 0. The van der Waals surface area contributed by atoms with Gasteiger partial charge in [-0.3, -0.25) is 0 Å². The van der Waals surface area contributed by atoms with E-state index < -0.39 is 0 Å². The molecule has 0 unspecified atom stereocenters. The van der Waals surface area contributed by atoms with Crippen LogP contribution < -0.4 is 4.67 Å². The molecule has 0 amide bonds. The molecule has 2 aromatic rings. The van der Waals surface area contributed by atoms with E-state index in [9.17, 15) is 0 Å². The Labute approximate surface area is 122 Å². The summed E-state index contributed by atoms with van der Waals surface area (Å²) < 4.78 is 5.23. The van der Waals surface area contributed by atoms with Crippen molar-refractivity contribution in [2.75, 3.05) is 6.26 Å². The number of hydrogen-bond acceptors (Lipinski definition) is 9. The summed E-state index contributed by atoms with van der Waals surface area (Å²) in [5.74, 6) is 0. The Kier molecular flexibility index (Phi) is 4.88. The van der Waals surface area contributed by atoms with E-state index in [0.29, 0.717) is 14.8 Å². The van der Waals surface area contributed by atoms with Crippen molar-refractivity contribution in [3.8, 4) is 0 Å². The molecule has 0 radical (unpaired) electrons. The summed E-state index contributed by atoms with van der Waals surface area (Å²) in [4.78, 5) is 0. The van der Waals surface area contributed by atoms with Gasteiger partial charge in [-0.05, 0) is 16.6 Å². The molecule has 11 heteroatoms. The van der Waals surface area contributed by atoms with Crippen molar-refractivity contribution in [3.05, 3.63) is 14.8 Å². The van der Waals surface area contributed by atoms with Gasteiger partial charge in [0.1, 0.15) is 0 Å². The van der Waals surface area contributed by atoms with Crippen LogP contribution in [-0.4, -0.2) is 26.0 Å². The van der Waals surface area contributed by atoms with Crippen LogP contribution in [0.5, 0.6) is 0 Å². The number of rotatable bonds is 3. The van der Waals surface area contributed by atoms with E-state index in [1.165, 1.54) is 44.0 Å². The highest BCUT2D eigenvalue weighted by atomic mass is 35.5. The van der Waals surface area contributed by atoms with Crippen LogP contribution >= 0.6 is 67.2 Å². The van der Waals surface area contributed by atoms with E-state index in [0.717, 1.165) is 4.34 Å². The van der Waals surface area contributed by atoms with Crippen LogP contribution in [0.3, 0.4) is 0 Å². The molecule has 17 heavy (non-hydrogen) atoms. The van der Waals surface area contributed by atoms with Crippen molar-refractivity contribution in [1.29, 1.82) is 0 Å². The molecule has 0 aliphatic rings. The maximum atomic E-state index is 5.95. The highest BCUT2D eigenvalue weighted by molar-refractivity contribution is 8.00. The molecule has 0 spiro atoms. The van der Waals surface area contributed by atoms with Crippen LogP contribution in [0.1, 0.15) is 5.01 Å². The van der Waals surface area contributed by atoms with E-state index in [4.69, 9.17) is 23.2 Å². The molecule has 90 valence electrons. The lowest BCUT2D eigenvalue weighted by Gasteiger charge is -1.85. The molecule has 0 N–H and O–H groups in total. The van der Waals surface area contributed by atoms with Gasteiger partial charge in [-0.15, -0.1) is 20.4 Å². The van der Waals surface area contributed by atoms with Crippen molar-refractivity contribution in [2.45, 2.75) is 4.34 Å². The molecule has 0 bridgehead atoms. The number of thioether (sulfide) groups is 1. The molecular formula is C6H3Cl2N5S4. The average Bonchev–Trinajstić information content (AvgIpc) is 2.94. The first kappa shape index (κ1) is 13.4. The fourth-order valence-electron chi connectivity index (χ4n) is 0.726. The van der Waals surface area contributed by atoms with Crippen LogP contribution in [0.4, 0.5) is 0 Å². The monoisotopic (exact) mass is 343 g/mol. The van der Waals surface area contributed by atoms with Gasteiger partial charge in [-0.25, -0.2) is 0 Å². The smallest absolute Gasteiger partial charge is 0.167 e. The Morgan fingerprint density at radius 3 is 2.82 bits per heavy atom. The molecule has 2 aromatic heterocycles. The Hall–Kier alpha value is -0.0600. The third-order valence-electron chi connectivity index (χ3n) is 1.40. The van der Waals surface area contributed by atoms with Gasteiger partial charge in [-0.1, -0.05) is 46.3 Å². The van der Waals surface area contributed by atoms with Crippen molar-refractivity contribution in [2.24, 2.45) is 10.2 Å². The molecule has 0 atom stereocenters. The molecule has 5 nitrogen and oxygen atoms in total. The van der Waals surface area contributed by atoms with Gasteiger partial charge in [0.05, 0.1) is 0 Å². The van der Waals surface area contributed by atoms with Crippen molar-refractivity contribution < 1.29 is 0 Å². The Morgan fingerprint density at radius 2 is 2.24 bits per heavy atom. The second kappa shape index (κ2) is 6.21.